The maximum absolute atomic E-state index is 11.0. The van der Waals surface area contributed by atoms with E-state index in [0.29, 0.717) is 18.2 Å². The van der Waals surface area contributed by atoms with Crippen LogP contribution in [0.4, 0.5) is 5.69 Å². The number of non-ortho nitro benzene ring substituents is 1. The van der Waals surface area contributed by atoms with Crippen molar-refractivity contribution in [1.82, 2.24) is 4.98 Å². The van der Waals surface area contributed by atoms with Crippen molar-refractivity contribution < 1.29 is 10.0 Å². The van der Waals surface area contributed by atoms with Crippen molar-refractivity contribution in [3.8, 4) is 0 Å². The number of H-pyrrole nitrogens is 1. The normalized spacial score (nSPS) is 10.9. The molecule has 5 heteroatoms. The first-order chi connectivity index (χ1) is 8.13. The molecule has 0 aliphatic rings. The van der Waals surface area contributed by atoms with Crippen LogP contribution < -0.4 is 0 Å². The molecule has 90 valence electrons. The van der Waals surface area contributed by atoms with Crippen molar-refractivity contribution >= 4 is 16.6 Å². The summed E-state index contributed by atoms with van der Waals surface area (Å²) in [6.45, 7) is 1.92. The zero-order valence-electron chi connectivity index (χ0n) is 9.56. The second-order valence-electron chi connectivity index (χ2n) is 4.10. The molecular weight excluding hydrogens is 220 g/mol. The number of aromatic nitrogens is 1. The Morgan fingerprint density at radius 2 is 2.24 bits per heavy atom. The highest BCUT2D eigenvalue weighted by molar-refractivity contribution is 5.92. The van der Waals surface area contributed by atoms with Crippen LogP contribution in [0.1, 0.15) is 17.5 Å². The molecule has 17 heavy (non-hydrogen) atoms. The molecule has 0 aliphatic carbocycles. The largest absolute Gasteiger partial charge is 0.396 e. The number of nitro groups is 1. The summed E-state index contributed by atoms with van der Waals surface area (Å²) >= 11 is 0. The summed E-state index contributed by atoms with van der Waals surface area (Å²) in [6, 6.07) is 3.48. The van der Waals surface area contributed by atoms with E-state index >= 15 is 0 Å². The topological polar surface area (TPSA) is 79.2 Å². The molecule has 0 unspecified atom stereocenters. The highest BCUT2D eigenvalue weighted by Gasteiger charge is 2.17. The average molecular weight is 234 g/mol. The van der Waals surface area contributed by atoms with E-state index in [4.69, 9.17) is 5.11 Å². The summed E-state index contributed by atoms with van der Waals surface area (Å²) in [4.78, 5) is 13.7. The molecule has 2 N–H and O–H groups in total. The Morgan fingerprint density at radius 1 is 1.47 bits per heavy atom. The fourth-order valence-corrected chi connectivity index (χ4v) is 2.07. The maximum atomic E-state index is 11.0. The van der Waals surface area contributed by atoms with Gasteiger partial charge in [0.1, 0.15) is 0 Å². The number of aliphatic hydroxyl groups is 1. The van der Waals surface area contributed by atoms with Crippen LogP contribution in [0.15, 0.2) is 18.3 Å². The van der Waals surface area contributed by atoms with Crippen LogP contribution in [-0.4, -0.2) is 21.6 Å². The highest BCUT2D eigenvalue weighted by Crippen LogP contribution is 2.30. The Morgan fingerprint density at radius 3 is 2.88 bits per heavy atom. The number of nitro benzene ring substituents is 1. The predicted octanol–water partition coefficient (Wildman–Crippen LogP) is 2.31. The summed E-state index contributed by atoms with van der Waals surface area (Å²) in [6.07, 6.45) is 3.03. The van der Waals surface area contributed by atoms with Crippen molar-refractivity contribution in [2.75, 3.05) is 6.61 Å². The number of aliphatic hydroxyl groups excluding tert-OH is 1. The Kier molecular flexibility index (Phi) is 3.10. The molecule has 0 aliphatic heterocycles. The van der Waals surface area contributed by atoms with Gasteiger partial charge in [0.25, 0.3) is 5.69 Å². The quantitative estimate of drug-likeness (QED) is 0.629. The van der Waals surface area contributed by atoms with Crippen LogP contribution in [-0.2, 0) is 6.42 Å². The Balaban J connectivity index is 2.60. The third-order valence-electron chi connectivity index (χ3n) is 2.79. The van der Waals surface area contributed by atoms with E-state index in [9.17, 15) is 10.1 Å². The fourth-order valence-electron chi connectivity index (χ4n) is 2.07. The number of fused-ring (bicyclic) bond motifs is 1. The van der Waals surface area contributed by atoms with Gasteiger partial charge in [-0.2, -0.15) is 0 Å². The molecule has 1 aromatic heterocycles. The summed E-state index contributed by atoms with van der Waals surface area (Å²) in [7, 11) is 0. The first-order valence-electron chi connectivity index (χ1n) is 5.49. The van der Waals surface area contributed by atoms with E-state index in [2.05, 4.69) is 4.98 Å². The molecule has 0 amide bonds. The van der Waals surface area contributed by atoms with Crippen molar-refractivity contribution in [3.05, 3.63) is 39.6 Å². The van der Waals surface area contributed by atoms with Gasteiger partial charge in [-0.1, -0.05) is 0 Å². The molecule has 0 saturated heterocycles. The minimum atomic E-state index is -0.356. The molecule has 0 fully saturated rings. The van der Waals surface area contributed by atoms with Crippen LogP contribution in [0.2, 0.25) is 0 Å². The number of hydrogen-bond acceptors (Lipinski definition) is 3. The lowest BCUT2D eigenvalue weighted by Crippen LogP contribution is -1.93. The monoisotopic (exact) mass is 234 g/mol. The maximum Gasteiger partial charge on any atom is 0.279 e. The minimum Gasteiger partial charge on any atom is -0.396 e. The van der Waals surface area contributed by atoms with Gasteiger partial charge in [-0.25, -0.2) is 0 Å². The van der Waals surface area contributed by atoms with E-state index in [1.807, 2.05) is 13.0 Å². The van der Waals surface area contributed by atoms with Gasteiger partial charge in [0, 0.05) is 18.9 Å². The van der Waals surface area contributed by atoms with E-state index in [0.717, 1.165) is 16.6 Å². The standard InChI is InChI=1S/C12H14N2O3/c1-8-5-10-12(11(6-8)14(16)17)9(7-13-10)3-2-4-15/h5-7,13,15H,2-4H2,1H3. The van der Waals surface area contributed by atoms with Gasteiger partial charge in [-0.15, -0.1) is 0 Å². The third-order valence-corrected chi connectivity index (χ3v) is 2.79. The number of nitrogens with zero attached hydrogens (tertiary/aromatic N) is 1. The molecule has 0 bridgehead atoms. The van der Waals surface area contributed by atoms with Gasteiger partial charge in [-0.3, -0.25) is 10.1 Å². The summed E-state index contributed by atoms with van der Waals surface area (Å²) in [5.74, 6) is 0. The summed E-state index contributed by atoms with van der Waals surface area (Å²) < 4.78 is 0. The number of hydrogen-bond donors (Lipinski definition) is 2. The third kappa shape index (κ3) is 2.14. The molecule has 0 saturated carbocycles. The second-order valence-corrected chi connectivity index (χ2v) is 4.10. The fraction of sp³-hybridized carbons (Fsp3) is 0.333. The lowest BCUT2D eigenvalue weighted by molar-refractivity contribution is -0.383. The molecule has 2 aromatic rings. The molecule has 1 aromatic carbocycles. The first kappa shape index (κ1) is 11.6. The molecule has 5 nitrogen and oxygen atoms in total. The summed E-state index contributed by atoms with van der Waals surface area (Å²) in [5.41, 5.74) is 2.67. The zero-order chi connectivity index (χ0) is 12.4. The SMILES string of the molecule is Cc1cc([N+](=O)[O-])c2c(CCCO)c[nH]c2c1. The van der Waals surface area contributed by atoms with Crippen LogP contribution in [0.3, 0.4) is 0 Å². The van der Waals surface area contributed by atoms with Gasteiger partial charge in [0.15, 0.2) is 0 Å². The van der Waals surface area contributed by atoms with E-state index in [1.165, 1.54) is 0 Å². The number of rotatable bonds is 4. The smallest absolute Gasteiger partial charge is 0.279 e. The molecule has 0 spiro atoms. The van der Waals surface area contributed by atoms with Crippen LogP contribution in [0.5, 0.6) is 0 Å². The summed E-state index contributed by atoms with van der Waals surface area (Å²) in [5, 5.41) is 20.5. The van der Waals surface area contributed by atoms with Gasteiger partial charge in [0.05, 0.1) is 15.8 Å². The van der Waals surface area contributed by atoms with E-state index in [1.54, 1.807) is 12.3 Å². The Bertz CT molecular complexity index is 560. The zero-order valence-corrected chi connectivity index (χ0v) is 9.56. The molecule has 2 rings (SSSR count). The number of nitrogens with one attached hydrogen (secondary N) is 1. The lowest BCUT2D eigenvalue weighted by Gasteiger charge is -2.00. The lowest BCUT2D eigenvalue weighted by atomic mass is 10.1. The number of aromatic amines is 1. The van der Waals surface area contributed by atoms with Crippen molar-refractivity contribution in [2.45, 2.75) is 19.8 Å². The van der Waals surface area contributed by atoms with Crippen LogP contribution in [0.25, 0.3) is 10.9 Å². The van der Waals surface area contributed by atoms with Gasteiger partial charge >= 0.3 is 0 Å². The molecule has 1 heterocycles. The van der Waals surface area contributed by atoms with Crippen molar-refractivity contribution in [3.63, 3.8) is 0 Å². The van der Waals surface area contributed by atoms with Crippen molar-refractivity contribution in [2.24, 2.45) is 0 Å². The second kappa shape index (κ2) is 4.55. The van der Waals surface area contributed by atoms with Gasteiger partial charge < -0.3 is 10.1 Å². The molecular formula is C12H14N2O3. The highest BCUT2D eigenvalue weighted by atomic mass is 16.6. The first-order valence-corrected chi connectivity index (χ1v) is 5.49. The van der Waals surface area contributed by atoms with Crippen molar-refractivity contribution in [1.29, 1.82) is 0 Å². The van der Waals surface area contributed by atoms with Gasteiger partial charge in [0.2, 0.25) is 0 Å². The average Bonchev–Trinajstić information content (AvgIpc) is 2.68. The number of aryl methyl sites for hydroxylation is 2. The Labute approximate surface area is 98.2 Å². The van der Waals surface area contributed by atoms with E-state index < -0.39 is 0 Å². The minimum absolute atomic E-state index is 0.0896. The van der Waals surface area contributed by atoms with Crippen LogP contribution in [0, 0.1) is 17.0 Å². The Hall–Kier alpha value is -1.88. The van der Waals surface area contributed by atoms with E-state index in [-0.39, 0.29) is 17.2 Å². The predicted molar refractivity (Wildman–Crippen MR) is 65.1 cm³/mol. The molecule has 0 atom stereocenters. The number of benzene rings is 1. The van der Waals surface area contributed by atoms with Crippen LogP contribution >= 0.6 is 0 Å². The van der Waals surface area contributed by atoms with Gasteiger partial charge in [-0.05, 0) is 37.0 Å². The molecule has 0 radical (unpaired) electrons.